The van der Waals surface area contributed by atoms with Crippen LogP contribution in [0.1, 0.15) is 61.8 Å². The second-order valence-electron chi connectivity index (χ2n) is 14.4. The minimum absolute atomic E-state index is 0.145. The van der Waals surface area contributed by atoms with Gasteiger partial charge in [-0.25, -0.2) is 0 Å². The highest BCUT2D eigenvalue weighted by Crippen LogP contribution is 2.39. The predicted molar refractivity (Wildman–Crippen MR) is 233 cm³/mol. The van der Waals surface area contributed by atoms with Crippen LogP contribution in [0.4, 0.5) is 5.69 Å². The summed E-state index contributed by atoms with van der Waals surface area (Å²) >= 11 is 0. The third-order valence-electron chi connectivity index (χ3n) is 10.6. The molecule has 1 aliphatic carbocycles. The zero-order valence-corrected chi connectivity index (χ0v) is 31.7. The number of anilines is 1. The Balaban J connectivity index is 1.46. The molecule has 0 spiro atoms. The molecule has 0 saturated heterocycles. The Morgan fingerprint density at radius 2 is 1.54 bits per heavy atom. The first-order valence-corrected chi connectivity index (χ1v) is 18.9. The smallest absolute Gasteiger partial charge is 0.0750 e. The molecule has 0 aromatic heterocycles. The molecule has 0 amide bonds. The summed E-state index contributed by atoms with van der Waals surface area (Å²) in [5, 5.41) is 17.0. The number of hydrogen-bond donors (Lipinski definition) is 2. The summed E-state index contributed by atoms with van der Waals surface area (Å²) in [4.78, 5) is 10.2. The number of rotatable bonds is 12. The van der Waals surface area contributed by atoms with Crippen LogP contribution < -0.4 is 5.32 Å². The molecule has 4 heteroatoms. The molecule has 7 rings (SSSR count). The number of aliphatic imine (C=N–C) groups is 2. The number of nitrogens with zero attached hydrogens (tertiary/aromatic N) is 2. The van der Waals surface area contributed by atoms with E-state index in [2.05, 4.69) is 154 Å². The summed E-state index contributed by atoms with van der Waals surface area (Å²) in [5.41, 5.74) is 12.9. The van der Waals surface area contributed by atoms with Gasteiger partial charge in [-0.15, -0.1) is 0 Å². The average molecular weight is 705 g/mol. The van der Waals surface area contributed by atoms with Gasteiger partial charge in [0, 0.05) is 36.0 Å². The molecular weight excluding hydrogens is 657 g/mol. The Bertz CT molecular complexity index is 2480. The highest BCUT2D eigenvalue weighted by atomic mass is 14.8. The summed E-state index contributed by atoms with van der Waals surface area (Å²) < 4.78 is 0. The second-order valence-corrected chi connectivity index (χ2v) is 14.4. The van der Waals surface area contributed by atoms with Crippen LogP contribution in [-0.2, 0) is 6.54 Å². The van der Waals surface area contributed by atoms with E-state index in [0.29, 0.717) is 6.54 Å². The van der Waals surface area contributed by atoms with Gasteiger partial charge in [0.25, 0.3) is 0 Å². The van der Waals surface area contributed by atoms with Gasteiger partial charge in [-0.2, -0.15) is 0 Å². The van der Waals surface area contributed by atoms with Gasteiger partial charge in [-0.05, 0) is 106 Å². The van der Waals surface area contributed by atoms with Crippen LogP contribution in [0.15, 0.2) is 172 Å². The number of allylic oxidation sites excluding steroid dienone is 4. The number of nitrogens with one attached hydrogen (secondary N) is 2. The normalized spacial score (nSPS) is 14.4. The standard InChI is InChI=1S/C50H48N4/c1-33(2)48(50(53-5)40-21-11-9-17-34(40)3)49(36-18-7-6-8-19-36)54-32-35-27-38(29-39(28-35)46(31-51)44-25-15-16-26-47(44)52-4)45-30-37-20-10-12-22-41(37)42-23-13-14-24-43(42)45/h6-8,10-16,18-31,33,46,51-52H,5,9,17,32H2,1-4H3/b50-48-,51-31?,54-49?. The van der Waals surface area contributed by atoms with Crippen molar-refractivity contribution in [1.82, 2.24) is 0 Å². The molecule has 0 fully saturated rings. The van der Waals surface area contributed by atoms with Crippen molar-refractivity contribution in [3.05, 3.63) is 184 Å². The molecule has 1 unspecified atom stereocenters. The molecule has 54 heavy (non-hydrogen) atoms. The summed E-state index contributed by atoms with van der Waals surface area (Å²) in [6.45, 7) is 11.2. The first-order chi connectivity index (χ1) is 26.4. The first kappa shape index (κ1) is 36.2. The fourth-order valence-corrected chi connectivity index (χ4v) is 7.93. The van der Waals surface area contributed by atoms with E-state index in [1.54, 1.807) is 6.21 Å². The van der Waals surface area contributed by atoms with Gasteiger partial charge in [0.1, 0.15) is 0 Å². The van der Waals surface area contributed by atoms with Crippen molar-refractivity contribution in [1.29, 1.82) is 5.41 Å². The topological polar surface area (TPSA) is 60.6 Å². The van der Waals surface area contributed by atoms with E-state index in [1.165, 1.54) is 27.1 Å². The maximum absolute atomic E-state index is 8.75. The van der Waals surface area contributed by atoms with Gasteiger partial charge in [-0.1, -0.05) is 141 Å². The highest BCUT2D eigenvalue weighted by Gasteiger charge is 2.23. The summed E-state index contributed by atoms with van der Waals surface area (Å²) in [5.74, 6) is -0.112. The number of benzene rings is 6. The van der Waals surface area contributed by atoms with E-state index in [0.717, 1.165) is 74.5 Å². The third kappa shape index (κ3) is 7.25. The summed E-state index contributed by atoms with van der Waals surface area (Å²) in [6.07, 6.45) is 8.05. The van der Waals surface area contributed by atoms with Crippen LogP contribution in [0.5, 0.6) is 0 Å². The maximum atomic E-state index is 8.75. The van der Waals surface area contributed by atoms with E-state index in [-0.39, 0.29) is 11.8 Å². The zero-order chi connectivity index (χ0) is 37.6. The van der Waals surface area contributed by atoms with Gasteiger partial charge in [0.05, 0.1) is 18.0 Å². The van der Waals surface area contributed by atoms with Crippen LogP contribution in [0, 0.1) is 11.3 Å². The van der Waals surface area contributed by atoms with Crippen LogP contribution in [0.3, 0.4) is 0 Å². The van der Waals surface area contributed by atoms with E-state index >= 15 is 0 Å². The van der Waals surface area contributed by atoms with Gasteiger partial charge in [0.2, 0.25) is 0 Å². The highest BCUT2D eigenvalue weighted by molar-refractivity contribution is 6.15. The van der Waals surface area contributed by atoms with Crippen molar-refractivity contribution in [3.63, 3.8) is 0 Å². The predicted octanol–water partition coefficient (Wildman–Crippen LogP) is 12.7. The SMILES string of the molecule is C=N/C(C1=C(C)CCC=C1)=C(\C(=NCc1cc(-c2cc3ccccc3c3ccccc23)cc(C(C=N)c2ccccc2NC)c1)c1ccccc1)C(C)C. The quantitative estimate of drug-likeness (QED) is 0.0967. The zero-order valence-electron chi connectivity index (χ0n) is 31.7. The Morgan fingerprint density at radius 3 is 2.26 bits per heavy atom. The van der Waals surface area contributed by atoms with Gasteiger partial charge < -0.3 is 10.7 Å². The molecule has 1 aliphatic rings. The van der Waals surface area contributed by atoms with Crippen LogP contribution in [-0.4, -0.2) is 25.7 Å². The summed E-state index contributed by atoms with van der Waals surface area (Å²) in [6, 6.07) is 45.2. The molecule has 0 heterocycles. The average Bonchev–Trinajstić information content (AvgIpc) is 3.21. The fourth-order valence-electron chi connectivity index (χ4n) is 7.93. The lowest BCUT2D eigenvalue weighted by molar-refractivity contribution is 0.787. The third-order valence-corrected chi connectivity index (χ3v) is 10.6. The van der Waals surface area contributed by atoms with Crippen LogP contribution in [0.2, 0.25) is 0 Å². The van der Waals surface area contributed by atoms with Gasteiger partial charge in [-0.3, -0.25) is 9.98 Å². The molecule has 6 aromatic carbocycles. The molecule has 268 valence electrons. The Labute approximate surface area is 319 Å². The van der Waals surface area contributed by atoms with Crippen LogP contribution >= 0.6 is 0 Å². The Kier molecular flexibility index (Phi) is 10.9. The van der Waals surface area contributed by atoms with E-state index in [9.17, 15) is 0 Å². The molecule has 4 nitrogen and oxygen atoms in total. The minimum Gasteiger partial charge on any atom is -0.388 e. The monoisotopic (exact) mass is 704 g/mol. The van der Waals surface area contributed by atoms with Crippen molar-refractivity contribution in [2.45, 2.75) is 46.1 Å². The number of para-hydroxylation sites is 1. The lowest BCUT2D eigenvalue weighted by Gasteiger charge is -2.22. The molecule has 6 aromatic rings. The van der Waals surface area contributed by atoms with Crippen molar-refractivity contribution in [3.8, 4) is 11.1 Å². The lowest BCUT2D eigenvalue weighted by Crippen LogP contribution is -2.15. The van der Waals surface area contributed by atoms with E-state index < -0.39 is 0 Å². The van der Waals surface area contributed by atoms with Crippen molar-refractivity contribution in [2.75, 3.05) is 12.4 Å². The second kappa shape index (κ2) is 16.3. The van der Waals surface area contributed by atoms with Gasteiger partial charge >= 0.3 is 0 Å². The van der Waals surface area contributed by atoms with Crippen molar-refractivity contribution < 1.29 is 0 Å². The molecular formula is C50H48N4. The van der Waals surface area contributed by atoms with E-state index in [4.69, 9.17) is 15.4 Å². The van der Waals surface area contributed by atoms with Crippen LogP contribution in [0.25, 0.3) is 32.7 Å². The largest absolute Gasteiger partial charge is 0.388 e. The molecule has 0 radical (unpaired) electrons. The lowest BCUT2D eigenvalue weighted by atomic mass is 9.86. The van der Waals surface area contributed by atoms with Crippen molar-refractivity contribution >= 4 is 45.9 Å². The number of hydrogen-bond acceptors (Lipinski definition) is 4. The van der Waals surface area contributed by atoms with Gasteiger partial charge in [0.15, 0.2) is 0 Å². The Morgan fingerprint density at radius 1 is 0.833 bits per heavy atom. The molecule has 0 aliphatic heterocycles. The molecule has 0 saturated carbocycles. The Hall–Kier alpha value is -6.13. The molecule has 0 bridgehead atoms. The van der Waals surface area contributed by atoms with Crippen molar-refractivity contribution in [2.24, 2.45) is 15.9 Å². The molecule has 1 atom stereocenters. The minimum atomic E-state index is -0.257. The maximum Gasteiger partial charge on any atom is 0.0750 e. The first-order valence-electron chi connectivity index (χ1n) is 18.9. The fraction of sp³-hybridized carbons (Fsp3) is 0.180. The molecule has 2 N–H and O–H groups in total. The summed E-state index contributed by atoms with van der Waals surface area (Å²) in [7, 11) is 1.94. The van der Waals surface area contributed by atoms with E-state index in [1.807, 2.05) is 25.2 Å². The number of fused-ring (bicyclic) bond motifs is 3.